The molecule has 20 heavy (non-hydrogen) atoms. The van der Waals surface area contributed by atoms with E-state index in [1.165, 1.54) is 11.1 Å². The number of aliphatic imine (C=N–C) groups is 1. The van der Waals surface area contributed by atoms with E-state index in [0.717, 1.165) is 18.9 Å². The van der Waals surface area contributed by atoms with E-state index in [9.17, 15) is 0 Å². The molecule has 1 atom stereocenters. The van der Waals surface area contributed by atoms with Crippen LogP contribution in [0.4, 0.5) is 0 Å². The summed E-state index contributed by atoms with van der Waals surface area (Å²) in [7, 11) is 7.85. The van der Waals surface area contributed by atoms with Crippen molar-refractivity contribution in [2.45, 2.75) is 19.4 Å². The molecular formula is C15H27IN4. The number of aryl methyl sites for hydroxylation is 1. The van der Waals surface area contributed by atoms with Crippen LogP contribution in [0.2, 0.25) is 0 Å². The number of benzene rings is 1. The summed E-state index contributed by atoms with van der Waals surface area (Å²) in [5.74, 6) is 0.817. The highest BCUT2D eigenvalue weighted by Gasteiger charge is 2.14. The number of halogens is 1. The second-order valence-corrected chi connectivity index (χ2v) is 4.78. The number of rotatable bonds is 5. The summed E-state index contributed by atoms with van der Waals surface area (Å²) < 4.78 is 0. The summed E-state index contributed by atoms with van der Waals surface area (Å²) in [4.78, 5) is 6.35. The van der Waals surface area contributed by atoms with E-state index in [0.29, 0.717) is 6.04 Å². The lowest BCUT2D eigenvalue weighted by molar-refractivity contribution is 0.298. The molecule has 0 spiro atoms. The summed E-state index contributed by atoms with van der Waals surface area (Å²) in [5.41, 5.74) is 2.70. The van der Waals surface area contributed by atoms with Gasteiger partial charge in [-0.05, 0) is 31.6 Å². The van der Waals surface area contributed by atoms with Crippen LogP contribution < -0.4 is 10.6 Å². The lowest BCUT2D eigenvalue weighted by Gasteiger charge is -2.26. The minimum atomic E-state index is 0. The average molecular weight is 390 g/mol. The second kappa shape index (κ2) is 9.99. The lowest BCUT2D eigenvalue weighted by atomic mass is 10.0. The van der Waals surface area contributed by atoms with Crippen molar-refractivity contribution in [1.82, 2.24) is 15.5 Å². The van der Waals surface area contributed by atoms with Gasteiger partial charge in [0.25, 0.3) is 0 Å². The number of hydrogen-bond acceptors (Lipinski definition) is 2. The fourth-order valence-electron chi connectivity index (χ4n) is 2.05. The molecule has 0 fully saturated rings. The largest absolute Gasteiger partial charge is 0.359 e. The van der Waals surface area contributed by atoms with Gasteiger partial charge in [0.1, 0.15) is 0 Å². The first-order chi connectivity index (χ1) is 9.12. The molecule has 4 nitrogen and oxygen atoms in total. The Morgan fingerprint density at radius 1 is 1.25 bits per heavy atom. The number of nitrogens with one attached hydrogen (secondary N) is 2. The highest BCUT2D eigenvalue weighted by molar-refractivity contribution is 14.0. The number of likely N-dealkylation sites (N-methyl/N-ethyl adjacent to an activating group) is 1. The van der Waals surface area contributed by atoms with E-state index in [2.05, 4.69) is 65.8 Å². The maximum atomic E-state index is 4.13. The zero-order valence-corrected chi connectivity index (χ0v) is 15.4. The third-order valence-electron chi connectivity index (χ3n) is 3.32. The van der Waals surface area contributed by atoms with Gasteiger partial charge in [-0.15, -0.1) is 24.0 Å². The van der Waals surface area contributed by atoms with Crippen molar-refractivity contribution in [3.05, 3.63) is 35.4 Å². The van der Waals surface area contributed by atoms with Crippen LogP contribution in [-0.2, 0) is 6.42 Å². The average Bonchev–Trinajstić information content (AvgIpc) is 2.43. The van der Waals surface area contributed by atoms with E-state index < -0.39 is 0 Å². The molecular weight excluding hydrogens is 363 g/mol. The highest BCUT2D eigenvalue weighted by atomic mass is 127. The molecule has 1 unspecified atom stereocenters. The molecule has 0 aromatic heterocycles. The predicted molar refractivity (Wildman–Crippen MR) is 98.1 cm³/mol. The number of guanidine groups is 1. The van der Waals surface area contributed by atoms with Crippen LogP contribution in [-0.4, -0.2) is 45.6 Å². The third kappa shape index (κ3) is 5.66. The maximum absolute atomic E-state index is 4.13. The summed E-state index contributed by atoms with van der Waals surface area (Å²) in [6.45, 7) is 3.00. The molecule has 0 radical (unpaired) electrons. The van der Waals surface area contributed by atoms with E-state index >= 15 is 0 Å². The molecule has 1 aromatic rings. The Labute approximate surface area is 140 Å². The normalized spacial score (nSPS) is 12.8. The first-order valence-electron chi connectivity index (χ1n) is 6.76. The van der Waals surface area contributed by atoms with E-state index in [-0.39, 0.29) is 24.0 Å². The van der Waals surface area contributed by atoms with Gasteiger partial charge in [-0.25, -0.2) is 0 Å². The van der Waals surface area contributed by atoms with Crippen LogP contribution in [0, 0.1) is 0 Å². The van der Waals surface area contributed by atoms with Gasteiger partial charge < -0.3 is 15.5 Å². The van der Waals surface area contributed by atoms with Gasteiger partial charge in [-0.2, -0.15) is 0 Å². The molecule has 114 valence electrons. The monoisotopic (exact) mass is 390 g/mol. The summed E-state index contributed by atoms with van der Waals surface area (Å²) >= 11 is 0. The quantitative estimate of drug-likeness (QED) is 0.460. The van der Waals surface area contributed by atoms with Crippen molar-refractivity contribution in [3.8, 4) is 0 Å². The molecule has 0 saturated heterocycles. The molecule has 0 aliphatic heterocycles. The topological polar surface area (TPSA) is 39.7 Å². The molecule has 0 bridgehead atoms. The SMILES string of the molecule is CCc1ccc(C(CNC(=NC)NC)N(C)C)cc1.I. The summed E-state index contributed by atoms with van der Waals surface area (Å²) in [6.07, 6.45) is 1.08. The van der Waals surface area contributed by atoms with Crippen molar-refractivity contribution in [2.75, 3.05) is 34.7 Å². The van der Waals surface area contributed by atoms with Crippen LogP contribution in [0.3, 0.4) is 0 Å². The standard InChI is InChI=1S/C15H26N4.HI/c1-6-12-7-9-13(10-8-12)14(19(4)5)11-18-15(16-2)17-3;/h7-10,14H,6,11H2,1-5H3,(H2,16,17,18);1H. The van der Waals surface area contributed by atoms with Gasteiger partial charge in [0.05, 0.1) is 6.04 Å². The van der Waals surface area contributed by atoms with Gasteiger partial charge >= 0.3 is 0 Å². The van der Waals surface area contributed by atoms with Crippen LogP contribution in [0.15, 0.2) is 29.3 Å². The molecule has 1 aromatic carbocycles. The van der Waals surface area contributed by atoms with Crippen LogP contribution in [0.1, 0.15) is 24.1 Å². The third-order valence-corrected chi connectivity index (χ3v) is 3.32. The number of nitrogens with zero attached hydrogens (tertiary/aromatic N) is 2. The zero-order valence-electron chi connectivity index (χ0n) is 13.1. The van der Waals surface area contributed by atoms with Crippen LogP contribution >= 0.6 is 24.0 Å². The van der Waals surface area contributed by atoms with E-state index in [1.807, 2.05) is 7.05 Å². The second-order valence-electron chi connectivity index (χ2n) is 4.78. The maximum Gasteiger partial charge on any atom is 0.190 e. The van der Waals surface area contributed by atoms with E-state index in [4.69, 9.17) is 0 Å². The van der Waals surface area contributed by atoms with Crippen molar-refractivity contribution in [1.29, 1.82) is 0 Å². The number of hydrogen-bond donors (Lipinski definition) is 2. The Hall–Kier alpha value is -0.820. The van der Waals surface area contributed by atoms with Gasteiger partial charge in [-0.3, -0.25) is 4.99 Å². The molecule has 0 amide bonds. The Bertz CT molecular complexity index is 401. The van der Waals surface area contributed by atoms with Crippen molar-refractivity contribution >= 4 is 29.9 Å². The van der Waals surface area contributed by atoms with Gasteiger partial charge in [0.15, 0.2) is 5.96 Å². The molecule has 1 rings (SSSR count). The summed E-state index contributed by atoms with van der Waals surface area (Å²) in [6, 6.07) is 9.17. The van der Waals surface area contributed by atoms with Crippen molar-refractivity contribution < 1.29 is 0 Å². The van der Waals surface area contributed by atoms with Crippen LogP contribution in [0.5, 0.6) is 0 Å². The lowest BCUT2D eigenvalue weighted by Crippen LogP contribution is -2.40. The molecule has 0 heterocycles. The first-order valence-corrected chi connectivity index (χ1v) is 6.76. The van der Waals surface area contributed by atoms with Crippen molar-refractivity contribution in [3.63, 3.8) is 0 Å². The Morgan fingerprint density at radius 3 is 2.25 bits per heavy atom. The minimum Gasteiger partial charge on any atom is -0.359 e. The molecule has 2 N–H and O–H groups in total. The first kappa shape index (κ1) is 19.2. The minimum absolute atomic E-state index is 0. The van der Waals surface area contributed by atoms with Crippen LogP contribution in [0.25, 0.3) is 0 Å². The van der Waals surface area contributed by atoms with Gasteiger partial charge in [0.2, 0.25) is 0 Å². The highest BCUT2D eigenvalue weighted by Crippen LogP contribution is 2.18. The fourth-order valence-corrected chi connectivity index (χ4v) is 2.05. The fraction of sp³-hybridized carbons (Fsp3) is 0.533. The molecule has 5 heteroatoms. The molecule has 0 saturated carbocycles. The van der Waals surface area contributed by atoms with E-state index in [1.54, 1.807) is 7.05 Å². The molecule has 0 aliphatic carbocycles. The molecule has 0 aliphatic rings. The Balaban J connectivity index is 0.00000361. The predicted octanol–water partition coefficient (Wildman–Crippen LogP) is 2.26. The Kier molecular flexibility index (Phi) is 9.58. The Morgan fingerprint density at radius 2 is 1.85 bits per heavy atom. The van der Waals surface area contributed by atoms with Gasteiger partial charge in [-0.1, -0.05) is 31.2 Å². The van der Waals surface area contributed by atoms with Gasteiger partial charge in [0, 0.05) is 20.6 Å². The smallest absolute Gasteiger partial charge is 0.190 e. The van der Waals surface area contributed by atoms with Crippen molar-refractivity contribution in [2.24, 2.45) is 4.99 Å². The zero-order chi connectivity index (χ0) is 14.3. The summed E-state index contributed by atoms with van der Waals surface area (Å²) in [5, 5.41) is 6.36.